The van der Waals surface area contributed by atoms with Gasteiger partial charge in [0.1, 0.15) is 0 Å². The molecule has 0 bridgehead atoms. The van der Waals surface area contributed by atoms with Gasteiger partial charge in [-0.2, -0.15) is 0 Å². The summed E-state index contributed by atoms with van der Waals surface area (Å²) >= 11 is -0.0835. The van der Waals surface area contributed by atoms with E-state index in [1.54, 1.807) is 7.11 Å². The molecule has 0 aromatic heterocycles. The van der Waals surface area contributed by atoms with Gasteiger partial charge in [0.15, 0.2) is 0 Å². The molecule has 2 N–H and O–H groups in total. The van der Waals surface area contributed by atoms with E-state index >= 15 is 0 Å². The van der Waals surface area contributed by atoms with Crippen molar-refractivity contribution < 1.29 is 9.53 Å². The zero-order chi connectivity index (χ0) is 12.8. The summed E-state index contributed by atoms with van der Waals surface area (Å²) in [5, 5.41) is 5.82. The van der Waals surface area contributed by atoms with Crippen molar-refractivity contribution in [2.45, 2.75) is 0 Å². The Balaban J connectivity index is 1.88. The molecule has 1 aliphatic heterocycles. The van der Waals surface area contributed by atoms with Crippen molar-refractivity contribution in [3.63, 3.8) is 0 Å². The topological polar surface area (TPSA) is 75.1 Å². The number of fused-ring (bicyclic) bond motifs is 1. The molecule has 0 radical (unpaired) electrons. The minimum atomic E-state index is -0.0888. The number of anilines is 1. The predicted molar refractivity (Wildman–Crippen MR) is 69.7 cm³/mol. The van der Waals surface area contributed by atoms with E-state index in [-0.39, 0.29) is 27.0 Å². The van der Waals surface area contributed by atoms with E-state index < -0.39 is 0 Å². The van der Waals surface area contributed by atoms with Crippen molar-refractivity contribution in [2.75, 3.05) is 32.1 Å². The fourth-order valence-electron chi connectivity index (χ4n) is 1.48. The Bertz CT molecular complexity index is 512. The molecule has 2 rings (SSSR count). The van der Waals surface area contributed by atoms with E-state index in [2.05, 4.69) is 18.6 Å². The molecule has 0 atom stereocenters. The zero-order valence-corrected chi connectivity index (χ0v) is 11.7. The van der Waals surface area contributed by atoms with Crippen molar-refractivity contribution in [1.82, 2.24) is 5.32 Å². The number of methoxy groups -OCH3 is 1. The summed E-state index contributed by atoms with van der Waals surface area (Å²) in [6.45, 7) is 1.50. The van der Waals surface area contributed by atoms with E-state index in [1.807, 2.05) is 18.2 Å². The van der Waals surface area contributed by atoms with Gasteiger partial charge in [-0.1, -0.05) is 0 Å². The van der Waals surface area contributed by atoms with E-state index in [0.717, 1.165) is 17.1 Å². The third-order valence-electron chi connectivity index (χ3n) is 2.33. The Hall–Kier alpha value is -1.27. The van der Waals surface area contributed by atoms with Gasteiger partial charge in [-0.05, 0) is 0 Å². The second-order valence-electron chi connectivity index (χ2n) is 3.66. The van der Waals surface area contributed by atoms with Gasteiger partial charge in [-0.3, -0.25) is 0 Å². The van der Waals surface area contributed by atoms with Crippen LogP contribution in [-0.2, 0) is 9.53 Å². The van der Waals surface area contributed by atoms with Gasteiger partial charge < -0.3 is 0 Å². The summed E-state index contributed by atoms with van der Waals surface area (Å²) in [6.07, 6.45) is 0. The number of carbonyl (C=O) groups excluding carboxylic acids is 1. The SMILES string of the molecule is COCCNCC(=O)Nc1cccc2c1N=[Se]=N2. The van der Waals surface area contributed by atoms with Gasteiger partial charge in [-0.25, -0.2) is 0 Å². The number of nitrogens with one attached hydrogen (secondary N) is 2. The zero-order valence-electron chi connectivity index (χ0n) is 9.97. The quantitative estimate of drug-likeness (QED) is 0.622. The molecule has 1 aromatic carbocycles. The van der Waals surface area contributed by atoms with Crippen LogP contribution in [0.1, 0.15) is 0 Å². The number of ether oxygens (including phenoxy) is 1. The number of amides is 1. The average Bonchev–Trinajstić information content (AvgIpc) is 2.84. The van der Waals surface area contributed by atoms with Crippen LogP contribution < -0.4 is 10.6 Å². The van der Waals surface area contributed by atoms with Gasteiger partial charge in [0, 0.05) is 0 Å². The van der Waals surface area contributed by atoms with Crippen LogP contribution in [0.4, 0.5) is 17.1 Å². The summed E-state index contributed by atoms with van der Waals surface area (Å²) in [6, 6.07) is 5.61. The van der Waals surface area contributed by atoms with Crippen LogP contribution in [0.2, 0.25) is 0 Å². The van der Waals surface area contributed by atoms with E-state index in [0.29, 0.717) is 13.2 Å². The van der Waals surface area contributed by atoms with Crippen LogP contribution in [-0.4, -0.2) is 47.3 Å². The average molecular weight is 313 g/mol. The van der Waals surface area contributed by atoms with Crippen LogP contribution >= 0.6 is 0 Å². The van der Waals surface area contributed by atoms with Crippen molar-refractivity contribution in [3.05, 3.63) is 18.2 Å². The molecule has 0 saturated heterocycles. The molecule has 1 aliphatic rings. The van der Waals surface area contributed by atoms with Crippen LogP contribution in [0, 0.1) is 0 Å². The van der Waals surface area contributed by atoms with Gasteiger partial charge >= 0.3 is 111 Å². The maximum atomic E-state index is 11.7. The molecule has 1 amide bonds. The van der Waals surface area contributed by atoms with Gasteiger partial charge in [0.25, 0.3) is 0 Å². The molecule has 0 spiro atoms. The fourth-order valence-corrected chi connectivity index (χ4v) is 2.63. The molecule has 0 saturated carbocycles. The second-order valence-corrected chi connectivity index (χ2v) is 4.76. The van der Waals surface area contributed by atoms with E-state index in [9.17, 15) is 4.79 Å². The van der Waals surface area contributed by atoms with Gasteiger partial charge in [0.05, 0.1) is 0 Å². The Morgan fingerprint density at radius 2 is 2.33 bits per heavy atom. The fraction of sp³-hybridized carbons (Fsp3) is 0.364. The van der Waals surface area contributed by atoms with Gasteiger partial charge in [0.2, 0.25) is 0 Å². The van der Waals surface area contributed by atoms with E-state index in [1.165, 1.54) is 0 Å². The van der Waals surface area contributed by atoms with Crippen LogP contribution in [0.15, 0.2) is 26.1 Å². The summed E-state index contributed by atoms with van der Waals surface area (Å²) in [4.78, 5) is 11.7. The molecular weight excluding hydrogens is 299 g/mol. The maximum absolute atomic E-state index is 11.7. The number of benzene rings is 1. The Labute approximate surface area is 111 Å². The molecule has 96 valence electrons. The number of hydrogen-bond donors (Lipinski definition) is 2. The van der Waals surface area contributed by atoms with Crippen molar-refractivity contribution in [2.24, 2.45) is 7.92 Å². The summed E-state index contributed by atoms with van der Waals surface area (Å²) < 4.78 is 13.5. The molecule has 7 heteroatoms. The first-order valence-electron chi connectivity index (χ1n) is 5.52. The molecule has 0 unspecified atom stereocenters. The van der Waals surface area contributed by atoms with Crippen molar-refractivity contribution >= 4 is 37.5 Å². The molecule has 0 aliphatic carbocycles. The Morgan fingerprint density at radius 1 is 1.44 bits per heavy atom. The third-order valence-corrected chi connectivity index (χ3v) is 3.47. The molecule has 0 fully saturated rings. The Kier molecular flexibility index (Phi) is 4.83. The van der Waals surface area contributed by atoms with E-state index in [4.69, 9.17) is 4.74 Å². The summed E-state index contributed by atoms with van der Waals surface area (Å²) in [5.41, 5.74) is 2.39. The first-order chi connectivity index (χ1) is 8.81. The molecule has 1 heterocycles. The monoisotopic (exact) mass is 314 g/mol. The summed E-state index contributed by atoms with van der Waals surface area (Å²) in [5.74, 6) is -0.0888. The van der Waals surface area contributed by atoms with Crippen LogP contribution in [0.5, 0.6) is 0 Å². The standard InChI is InChI=1S/C11H14N4O2Se/c1-17-6-5-12-7-10(16)13-8-3-2-4-9-11(8)15-18-14-9/h2-4,12H,5-7H2,1H3,(H,13,16). The Morgan fingerprint density at radius 3 is 3.17 bits per heavy atom. The number of rotatable bonds is 6. The predicted octanol–water partition coefficient (Wildman–Crippen LogP) is 1.21. The molecule has 18 heavy (non-hydrogen) atoms. The second kappa shape index (κ2) is 6.61. The minimum absolute atomic E-state index is 0.0835. The molecule has 1 aromatic rings. The molecular formula is C11H14N4O2Se. The number of hydrogen-bond acceptors (Lipinski definition) is 5. The molecule has 6 nitrogen and oxygen atoms in total. The third kappa shape index (κ3) is 3.36. The number of carbonyl (C=O) groups is 1. The summed E-state index contributed by atoms with van der Waals surface area (Å²) in [7, 11) is 1.63. The van der Waals surface area contributed by atoms with Crippen molar-refractivity contribution in [1.29, 1.82) is 0 Å². The normalized spacial score (nSPS) is 12.1. The van der Waals surface area contributed by atoms with Crippen molar-refractivity contribution in [3.8, 4) is 0 Å². The van der Waals surface area contributed by atoms with Gasteiger partial charge in [-0.15, -0.1) is 0 Å². The first kappa shape index (κ1) is 13.2. The first-order valence-corrected chi connectivity index (χ1v) is 7.05. The number of nitrogens with zero attached hydrogens (tertiary/aromatic N) is 2. The van der Waals surface area contributed by atoms with Crippen LogP contribution in [0.25, 0.3) is 0 Å². The van der Waals surface area contributed by atoms with Crippen LogP contribution in [0.3, 0.4) is 0 Å².